The fourth-order valence-corrected chi connectivity index (χ4v) is 1.81. The van der Waals surface area contributed by atoms with Gasteiger partial charge in [-0.1, -0.05) is 32.0 Å². The lowest BCUT2D eigenvalue weighted by Crippen LogP contribution is -2.30. The molecule has 0 aromatic heterocycles. The van der Waals surface area contributed by atoms with Gasteiger partial charge in [-0.25, -0.2) is 4.79 Å². The van der Waals surface area contributed by atoms with E-state index < -0.39 is 5.60 Å². The van der Waals surface area contributed by atoms with Crippen molar-refractivity contribution in [2.45, 2.75) is 47.1 Å². The minimum absolute atomic E-state index is 0.00359. The summed E-state index contributed by atoms with van der Waals surface area (Å²) >= 11 is 0. The van der Waals surface area contributed by atoms with Crippen molar-refractivity contribution in [2.75, 3.05) is 31.2 Å². The zero-order chi connectivity index (χ0) is 17.0. The number of rotatable bonds is 7. The lowest BCUT2D eigenvalue weighted by molar-refractivity contribution is -0.160. The summed E-state index contributed by atoms with van der Waals surface area (Å²) in [4.78, 5) is 13.7. The van der Waals surface area contributed by atoms with Gasteiger partial charge in [0, 0.05) is 18.8 Å². The highest BCUT2D eigenvalue weighted by molar-refractivity contribution is 5.71. The standard InChI is InChI=1S/C16H25NO3.C2H6/c1-5-17(14-9-7-6-8-10-14)11-12-19-13-15(18)20-16(2,3)4;1-2/h6-10H,5,11-13H2,1-4H3;1-2H3. The van der Waals surface area contributed by atoms with Crippen molar-refractivity contribution >= 4 is 11.7 Å². The molecule has 0 saturated heterocycles. The second-order valence-corrected chi connectivity index (χ2v) is 5.55. The number of likely N-dealkylation sites (N-methyl/N-ethyl adjacent to an activating group) is 1. The molecule has 4 nitrogen and oxygen atoms in total. The first-order chi connectivity index (χ1) is 10.4. The van der Waals surface area contributed by atoms with Crippen LogP contribution in [0.1, 0.15) is 41.5 Å². The highest BCUT2D eigenvalue weighted by Crippen LogP contribution is 2.12. The molecule has 0 aliphatic heterocycles. The van der Waals surface area contributed by atoms with Crippen molar-refractivity contribution in [3.8, 4) is 0 Å². The maximum atomic E-state index is 11.5. The van der Waals surface area contributed by atoms with E-state index in [4.69, 9.17) is 9.47 Å². The van der Waals surface area contributed by atoms with Gasteiger partial charge in [0.25, 0.3) is 0 Å². The molecule has 0 amide bonds. The van der Waals surface area contributed by atoms with Crippen molar-refractivity contribution in [3.05, 3.63) is 30.3 Å². The second kappa shape index (κ2) is 11.1. The zero-order valence-corrected chi connectivity index (χ0v) is 14.9. The minimum Gasteiger partial charge on any atom is -0.458 e. The number of hydrogen-bond donors (Lipinski definition) is 0. The average molecular weight is 309 g/mol. The maximum Gasteiger partial charge on any atom is 0.332 e. The number of benzene rings is 1. The molecule has 0 spiro atoms. The third-order valence-corrected chi connectivity index (χ3v) is 2.65. The third kappa shape index (κ3) is 9.40. The van der Waals surface area contributed by atoms with Crippen LogP contribution in [0.5, 0.6) is 0 Å². The summed E-state index contributed by atoms with van der Waals surface area (Å²) in [5.74, 6) is -0.319. The Balaban J connectivity index is 0.00000211. The summed E-state index contributed by atoms with van der Waals surface area (Å²) in [6, 6.07) is 10.2. The molecule has 0 N–H and O–H groups in total. The van der Waals surface area contributed by atoms with Crippen LogP contribution in [-0.2, 0) is 14.3 Å². The number of hydrogen-bond acceptors (Lipinski definition) is 4. The van der Waals surface area contributed by atoms with Crippen LogP contribution in [0.4, 0.5) is 5.69 Å². The molecule has 1 rings (SSSR count). The molecule has 22 heavy (non-hydrogen) atoms. The summed E-state index contributed by atoms with van der Waals surface area (Å²) in [6.45, 7) is 13.8. The lowest BCUT2D eigenvalue weighted by Gasteiger charge is -2.23. The molecule has 0 aliphatic rings. The predicted molar refractivity (Wildman–Crippen MR) is 92.3 cm³/mol. The minimum atomic E-state index is -0.458. The molecule has 1 aromatic rings. The van der Waals surface area contributed by atoms with Crippen LogP contribution in [0, 0.1) is 0 Å². The number of para-hydroxylation sites is 1. The molecular formula is C18H31NO3. The van der Waals surface area contributed by atoms with E-state index in [1.807, 2.05) is 52.8 Å². The van der Waals surface area contributed by atoms with Gasteiger partial charge in [0.15, 0.2) is 0 Å². The van der Waals surface area contributed by atoms with Crippen LogP contribution in [0.2, 0.25) is 0 Å². The summed E-state index contributed by atoms with van der Waals surface area (Å²) in [5, 5.41) is 0. The summed E-state index contributed by atoms with van der Waals surface area (Å²) in [5.41, 5.74) is 0.704. The number of carbonyl (C=O) groups is 1. The van der Waals surface area contributed by atoms with Crippen molar-refractivity contribution in [2.24, 2.45) is 0 Å². The first kappa shape index (κ1) is 20.5. The van der Waals surface area contributed by atoms with E-state index in [1.165, 1.54) is 0 Å². The van der Waals surface area contributed by atoms with Crippen LogP contribution in [-0.4, -0.2) is 37.9 Å². The van der Waals surface area contributed by atoms with E-state index in [0.717, 1.165) is 18.8 Å². The van der Waals surface area contributed by atoms with Crippen molar-refractivity contribution in [1.82, 2.24) is 0 Å². The largest absolute Gasteiger partial charge is 0.458 e. The molecule has 0 unspecified atom stereocenters. The summed E-state index contributed by atoms with van der Waals surface area (Å²) in [7, 11) is 0. The van der Waals surface area contributed by atoms with E-state index in [1.54, 1.807) is 0 Å². The quantitative estimate of drug-likeness (QED) is 0.565. The molecule has 0 fully saturated rings. The number of ether oxygens (including phenoxy) is 2. The molecule has 0 atom stereocenters. The van der Waals surface area contributed by atoms with E-state index >= 15 is 0 Å². The molecular weight excluding hydrogens is 278 g/mol. The Labute approximate surface area is 135 Å². The Kier molecular flexibility index (Phi) is 10.3. The fraction of sp³-hybridized carbons (Fsp3) is 0.611. The maximum absolute atomic E-state index is 11.5. The number of anilines is 1. The molecule has 0 bridgehead atoms. The van der Waals surface area contributed by atoms with Crippen molar-refractivity contribution < 1.29 is 14.3 Å². The Hall–Kier alpha value is -1.55. The van der Waals surface area contributed by atoms with Crippen LogP contribution in [0.3, 0.4) is 0 Å². The van der Waals surface area contributed by atoms with E-state index in [-0.39, 0.29) is 12.6 Å². The van der Waals surface area contributed by atoms with Gasteiger partial charge in [0.05, 0.1) is 6.61 Å². The normalized spacial score (nSPS) is 10.5. The lowest BCUT2D eigenvalue weighted by atomic mass is 10.2. The summed E-state index contributed by atoms with van der Waals surface area (Å²) in [6.07, 6.45) is 0. The Morgan fingerprint density at radius 3 is 2.23 bits per heavy atom. The monoisotopic (exact) mass is 309 g/mol. The molecule has 0 heterocycles. The molecule has 0 radical (unpaired) electrons. The molecule has 1 aromatic carbocycles. The third-order valence-electron chi connectivity index (χ3n) is 2.65. The van der Waals surface area contributed by atoms with Gasteiger partial charge < -0.3 is 14.4 Å². The van der Waals surface area contributed by atoms with Gasteiger partial charge in [-0.3, -0.25) is 0 Å². The highest BCUT2D eigenvalue weighted by atomic mass is 16.6. The van der Waals surface area contributed by atoms with Gasteiger partial charge in [0.2, 0.25) is 0 Å². The Morgan fingerprint density at radius 2 is 1.73 bits per heavy atom. The Bertz CT molecular complexity index is 399. The zero-order valence-electron chi connectivity index (χ0n) is 14.9. The molecule has 126 valence electrons. The van der Waals surface area contributed by atoms with Gasteiger partial charge in [-0.05, 0) is 39.8 Å². The van der Waals surface area contributed by atoms with Crippen LogP contribution in [0.25, 0.3) is 0 Å². The van der Waals surface area contributed by atoms with Crippen LogP contribution < -0.4 is 4.90 Å². The number of carbonyl (C=O) groups excluding carboxylic acids is 1. The first-order valence-electron chi connectivity index (χ1n) is 8.02. The number of esters is 1. The fourth-order valence-electron chi connectivity index (χ4n) is 1.81. The molecule has 0 aliphatic carbocycles. The molecule has 4 heteroatoms. The second-order valence-electron chi connectivity index (χ2n) is 5.55. The van der Waals surface area contributed by atoms with Crippen LogP contribution >= 0.6 is 0 Å². The van der Waals surface area contributed by atoms with Crippen molar-refractivity contribution in [3.63, 3.8) is 0 Å². The van der Waals surface area contributed by atoms with Gasteiger partial charge in [-0.15, -0.1) is 0 Å². The average Bonchev–Trinajstić information content (AvgIpc) is 2.48. The topological polar surface area (TPSA) is 38.8 Å². The first-order valence-corrected chi connectivity index (χ1v) is 8.02. The smallest absolute Gasteiger partial charge is 0.332 e. The molecule has 0 saturated carbocycles. The number of nitrogens with zero attached hydrogens (tertiary/aromatic N) is 1. The predicted octanol–water partition coefficient (Wildman–Crippen LogP) is 3.90. The van der Waals surface area contributed by atoms with Gasteiger partial charge in [0.1, 0.15) is 12.2 Å². The SMILES string of the molecule is CC.CCN(CCOCC(=O)OC(C)(C)C)c1ccccc1. The van der Waals surface area contributed by atoms with Crippen LogP contribution in [0.15, 0.2) is 30.3 Å². The summed E-state index contributed by atoms with van der Waals surface area (Å²) < 4.78 is 10.6. The van der Waals surface area contributed by atoms with E-state index in [2.05, 4.69) is 24.0 Å². The van der Waals surface area contributed by atoms with Crippen molar-refractivity contribution in [1.29, 1.82) is 0 Å². The Morgan fingerprint density at radius 1 is 1.14 bits per heavy atom. The van der Waals surface area contributed by atoms with E-state index in [0.29, 0.717) is 6.61 Å². The van der Waals surface area contributed by atoms with E-state index in [9.17, 15) is 4.79 Å². The highest BCUT2D eigenvalue weighted by Gasteiger charge is 2.16. The van der Waals surface area contributed by atoms with Gasteiger partial charge >= 0.3 is 5.97 Å². The van der Waals surface area contributed by atoms with Gasteiger partial charge in [-0.2, -0.15) is 0 Å².